The van der Waals surface area contributed by atoms with Crippen molar-refractivity contribution in [2.24, 2.45) is 0 Å². The number of carbonyl (C=O) groups excluding carboxylic acids is 1. The van der Waals surface area contributed by atoms with Crippen molar-refractivity contribution in [3.05, 3.63) is 58.8 Å². The smallest absolute Gasteiger partial charge is 0.291 e. The molecule has 1 aromatic carbocycles. The summed E-state index contributed by atoms with van der Waals surface area (Å²) in [5.41, 5.74) is 1.18. The molecule has 0 fully saturated rings. The van der Waals surface area contributed by atoms with E-state index >= 15 is 0 Å². The highest BCUT2D eigenvalue weighted by Crippen LogP contribution is 2.18. The summed E-state index contributed by atoms with van der Waals surface area (Å²) in [6.45, 7) is 0. The van der Waals surface area contributed by atoms with E-state index in [0.717, 1.165) is 23.2 Å². The lowest BCUT2D eigenvalue weighted by atomic mass is 10.2. The minimum Gasteiger partial charge on any atom is -0.490 e. The Kier molecular flexibility index (Phi) is 3.19. The normalized spacial score (nSPS) is 10.5. The minimum atomic E-state index is -0.496. The molecule has 106 valence electrons. The van der Waals surface area contributed by atoms with Crippen LogP contribution < -0.4 is 15.5 Å². The third-order valence-corrected chi connectivity index (χ3v) is 3.05. The molecule has 0 saturated carbocycles. The van der Waals surface area contributed by atoms with Crippen molar-refractivity contribution in [2.45, 2.75) is 0 Å². The summed E-state index contributed by atoms with van der Waals surface area (Å²) in [6.07, 6.45) is 2.94. The van der Waals surface area contributed by atoms with Crippen molar-refractivity contribution in [1.82, 2.24) is 4.98 Å². The van der Waals surface area contributed by atoms with E-state index in [1.54, 1.807) is 6.07 Å². The number of H-pyrrole nitrogens is 1. The SMILES string of the molecule is COc1coc(C(=O)Nc2ccc3[nH]ccc3c2)cc1=O. The molecule has 0 aliphatic rings. The summed E-state index contributed by atoms with van der Waals surface area (Å²) < 4.78 is 9.89. The van der Waals surface area contributed by atoms with E-state index in [1.807, 2.05) is 24.4 Å². The Morgan fingerprint density at radius 2 is 2.14 bits per heavy atom. The maximum Gasteiger partial charge on any atom is 0.291 e. The molecule has 1 amide bonds. The van der Waals surface area contributed by atoms with Crippen LogP contribution in [0.25, 0.3) is 10.9 Å². The standard InChI is InChI=1S/C15H12N2O4/c1-20-14-8-21-13(7-12(14)18)15(19)17-10-2-3-11-9(6-10)4-5-16-11/h2-8,16H,1H3,(H,17,19). The van der Waals surface area contributed by atoms with Crippen molar-refractivity contribution >= 4 is 22.5 Å². The van der Waals surface area contributed by atoms with E-state index in [-0.39, 0.29) is 11.5 Å². The van der Waals surface area contributed by atoms with Gasteiger partial charge in [0, 0.05) is 28.9 Å². The number of anilines is 1. The van der Waals surface area contributed by atoms with Crippen LogP contribution in [0.4, 0.5) is 5.69 Å². The van der Waals surface area contributed by atoms with Crippen LogP contribution in [-0.4, -0.2) is 18.0 Å². The Hall–Kier alpha value is -3.02. The zero-order chi connectivity index (χ0) is 14.8. The molecule has 3 aromatic rings. The molecule has 6 heteroatoms. The number of aromatic nitrogens is 1. The number of nitrogens with one attached hydrogen (secondary N) is 2. The van der Waals surface area contributed by atoms with Crippen LogP contribution in [0.1, 0.15) is 10.6 Å². The quantitative estimate of drug-likeness (QED) is 0.773. The fraction of sp³-hybridized carbons (Fsp3) is 0.0667. The molecule has 6 nitrogen and oxygen atoms in total. The molecular formula is C15H12N2O4. The Morgan fingerprint density at radius 3 is 2.90 bits per heavy atom. The second kappa shape index (κ2) is 5.16. The predicted molar refractivity (Wildman–Crippen MR) is 77.8 cm³/mol. The molecule has 2 aromatic heterocycles. The lowest BCUT2D eigenvalue weighted by molar-refractivity contribution is 0.0993. The van der Waals surface area contributed by atoms with Gasteiger partial charge >= 0.3 is 0 Å². The number of rotatable bonds is 3. The van der Waals surface area contributed by atoms with Crippen LogP contribution in [0.5, 0.6) is 5.75 Å². The van der Waals surface area contributed by atoms with Gasteiger partial charge in [0.05, 0.1) is 7.11 Å². The largest absolute Gasteiger partial charge is 0.490 e. The molecule has 0 atom stereocenters. The molecule has 0 unspecified atom stereocenters. The topological polar surface area (TPSA) is 84.3 Å². The molecule has 0 aliphatic carbocycles. The number of aromatic amines is 1. The summed E-state index contributed by atoms with van der Waals surface area (Å²) in [7, 11) is 1.36. The second-order valence-electron chi connectivity index (χ2n) is 4.41. The number of hydrogen-bond acceptors (Lipinski definition) is 4. The summed E-state index contributed by atoms with van der Waals surface area (Å²) in [6, 6.07) is 8.44. The van der Waals surface area contributed by atoms with Gasteiger partial charge in [0.15, 0.2) is 5.76 Å². The minimum absolute atomic E-state index is 0.0558. The molecule has 3 rings (SSSR count). The van der Waals surface area contributed by atoms with Crippen LogP contribution in [0, 0.1) is 0 Å². The summed E-state index contributed by atoms with van der Waals surface area (Å²) in [5, 5.41) is 3.65. The Bertz CT molecular complexity index is 863. The van der Waals surface area contributed by atoms with Gasteiger partial charge in [-0.25, -0.2) is 0 Å². The highest BCUT2D eigenvalue weighted by Gasteiger charge is 2.12. The maximum absolute atomic E-state index is 12.0. The van der Waals surface area contributed by atoms with E-state index in [0.29, 0.717) is 5.69 Å². The van der Waals surface area contributed by atoms with E-state index in [9.17, 15) is 9.59 Å². The van der Waals surface area contributed by atoms with E-state index < -0.39 is 11.3 Å². The highest BCUT2D eigenvalue weighted by molar-refractivity contribution is 6.03. The average Bonchev–Trinajstić information content (AvgIpc) is 2.94. The molecular weight excluding hydrogens is 272 g/mol. The van der Waals surface area contributed by atoms with Gasteiger partial charge < -0.3 is 19.5 Å². The van der Waals surface area contributed by atoms with Crippen molar-refractivity contribution in [2.75, 3.05) is 12.4 Å². The number of ether oxygens (including phenoxy) is 1. The first-order valence-corrected chi connectivity index (χ1v) is 6.23. The highest BCUT2D eigenvalue weighted by atomic mass is 16.5. The molecule has 0 spiro atoms. The van der Waals surface area contributed by atoms with Crippen LogP contribution in [0.15, 0.2) is 52.0 Å². The van der Waals surface area contributed by atoms with E-state index in [4.69, 9.17) is 9.15 Å². The average molecular weight is 284 g/mol. The van der Waals surface area contributed by atoms with Gasteiger partial charge in [-0.3, -0.25) is 9.59 Å². The van der Waals surface area contributed by atoms with Crippen molar-refractivity contribution in [3.63, 3.8) is 0 Å². The second-order valence-corrected chi connectivity index (χ2v) is 4.41. The van der Waals surface area contributed by atoms with Gasteiger partial charge in [-0.1, -0.05) is 0 Å². The third-order valence-electron chi connectivity index (χ3n) is 3.05. The Labute approximate surface area is 119 Å². The zero-order valence-electron chi connectivity index (χ0n) is 11.2. The van der Waals surface area contributed by atoms with Gasteiger partial charge in [0.2, 0.25) is 11.2 Å². The van der Waals surface area contributed by atoms with Crippen molar-refractivity contribution in [1.29, 1.82) is 0 Å². The molecule has 21 heavy (non-hydrogen) atoms. The summed E-state index contributed by atoms with van der Waals surface area (Å²) in [4.78, 5) is 26.7. The molecule has 0 saturated heterocycles. The van der Waals surface area contributed by atoms with Gasteiger partial charge in [-0.05, 0) is 24.3 Å². The Morgan fingerprint density at radius 1 is 1.29 bits per heavy atom. The number of benzene rings is 1. The van der Waals surface area contributed by atoms with Gasteiger partial charge in [0.1, 0.15) is 6.26 Å². The molecule has 0 aliphatic heterocycles. The molecule has 2 heterocycles. The Balaban J connectivity index is 1.85. The molecule has 0 bridgehead atoms. The zero-order valence-corrected chi connectivity index (χ0v) is 11.2. The van der Waals surface area contributed by atoms with Crippen LogP contribution in [0.3, 0.4) is 0 Å². The number of fused-ring (bicyclic) bond motifs is 1. The van der Waals surface area contributed by atoms with Crippen LogP contribution in [0.2, 0.25) is 0 Å². The predicted octanol–water partition coefficient (Wildman–Crippen LogP) is 2.38. The fourth-order valence-electron chi connectivity index (χ4n) is 1.99. The first-order valence-electron chi connectivity index (χ1n) is 6.23. The number of carbonyl (C=O) groups is 1. The lowest BCUT2D eigenvalue weighted by Crippen LogP contribution is -2.15. The molecule has 2 N–H and O–H groups in total. The van der Waals surface area contributed by atoms with Gasteiger partial charge in [0.25, 0.3) is 5.91 Å². The maximum atomic E-state index is 12.0. The van der Waals surface area contributed by atoms with Crippen molar-refractivity contribution in [3.8, 4) is 5.75 Å². The summed E-state index contributed by atoms with van der Waals surface area (Å²) in [5.74, 6) is -0.514. The molecule has 0 radical (unpaired) electrons. The summed E-state index contributed by atoms with van der Waals surface area (Å²) >= 11 is 0. The first-order chi connectivity index (χ1) is 10.2. The fourth-order valence-corrected chi connectivity index (χ4v) is 1.99. The van der Waals surface area contributed by atoms with Crippen molar-refractivity contribution < 1.29 is 13.9 Å². The number of amides is 1. The van der Waals surface area contributed by atoms with Gasteiger partial charge in [-0.2, -0.15) is 0 Å². The number of methoxy groups -OCH3 is 1. The third kappa shape index (κ3) is 2.51. The lowest BCUT2D eigenvalue weighted by Gasteiger charge is -2.05. The van der Waals surface area contributed by atoms with Crippen LogP contribution in [-0.2, 0) is 0 Å². The van der Waals surface area contributed by atoms with Crippen LogP contribution >= 0.6 is 0 Å². The number of hydrogen-bond donors (Lipinski definition) is 2. The monoisotopic (exact) mass is 284 g/mol. The van der Waals surface area contributed by atoms with Gasteiger partial charge in [-0.15, -0.1) is 0 Å². The first kappa shape index (κ1) is 13.0. The van der Waals surface area contributed by atoms with E-state index in [2.05, 4.69) is 10.3 Å². The van der Waals surface area contributed by atoms with E-state index in [1.165, 1.54) is 7.11 Å².